The van der Waals surface area contributed by atoms with Crippen LogP contribution in [0.2, 0.25) is 0 Å². The van der Waals surface area contributed by atoms with E-state index in [4.69, 9.17) is 5.73 Å². The van der Waals surface area contributed by atoms with Crippen LogP contribution < -0.4 is 5.73 Å². The van der Waals surface area contributed by atoms with Crippen molar-refractivity contribution in [1.82, 2.24) is 0 Å². The van der Waals surface area contributed by atoms with Gasteiger partial charge in [0.05, 0.1) is 0 Å². The predicted molar refractivity (Wildman–Crippen MR) is 51.8 cm³/mol. The molecule has 0 aromatic carbocycles. The molecule has 2 aliphatic carbocycles. The van der Waals surface area contributed by atoms with E-state index in [-0.39, 0.29) is 0 Å². The first-order valence-electron chi connectivity index (χ1n) is 5.51. The van der Waals surface area contributed by atoms with E-state index < -0.39 is 0 Å². The number of rotatable bonds is 0. The lowest BCUT2D eigenvalue weighted by Gasteiger charge is -2.22. The molecule has 2 aliphatic rings. The molecular formula is C11H21N. The maximum Gasteiger partial charge on any atom is 0.00442 e. The van der Waals surface area contributed by atoms with E-state index in [1.54, 1.807) is 0 Å². The molecule has 12 heavy (non-hydrogen) atoms. The topological polar surface area (TPSA) is 26.0 Å². The van der Waals surface area contributed by atoms with Crippen LogP contribution in [0.5, 0.6) is 0 Å². The van der Waals surface area contributed by atoms with Crippen molar-refractivity contribution in [2.45, 2.75) is 51.5 Å². The van der Waals surface area contributed by atoms with Crippen LogP contribution in [0, 0.1) is 17.8 Å². The Kier molecular flexibility index (Phi) is 2.40. The number of fused-ring (bicyclic) bond motifs is 3. The third-order valence-corrected chi connectivity index (χ3v) is 3.94. The minimum absolute atomic E-state index is 0.519. The lowest BCUT2D eigenvalue weighted by Crippen LogP contribution is -2.25. The highest BCUT2D eigenvalue weighted by Crippen LogP contribution is 2.40. The molecule has 0 radical (unpaired) electrons. The second-order valence-corrected chi connectivity index (χ2v) is 5.00. The minimum Gasteiger partial charge on any atom is -0.328 e. The molecule has 0 aliphatic heterocycles. The van der Waals surface area contributed by atoms with Gasteiger partial charge in [-0.25, -0.2) is 0 Å². The Morgan fingerprint density at radius 1 is 1.08 bits per heavy atom. The van der Waals surface area contributed by atoms with Gasteiger partial charge in [-0.15, -0.1) is 0 Å². The SMILES string of the molecule is CC1CC2CCCC1CC(N)C2. The zero-order chi connectivity index (χ0) is 8.55. The van der Waals surface area contributed by atoms with Gasteiger partial charge in [0.25, 0.3) is 0 Å². The van der Waals surface area contributed by atoms with E-state index in [1.165, 1.54) is 38.5 Å². The Bertz CT molecular complexity index is 155. The summed E-state index contributed by atoms with van der Waals surface area (Å²) < 4.78 is 0. The van der Waals surface area contributed by atoms with Crippen LogP contribution in [0.3, 0.4) is 0 Å². The lowest BCUT2D eigenvalue weighted by atomic mass is 9.86. The average molecular weight is 167 g/mol. The molecule has 0 amide bonds. The van der Waals surface area contributed by atoms with Gasteiger partial charge in [0, 0.05) is 6.04 Å². The average Bonchev–Trinajstić information content (AvgIpc) is 2.18. The molecule has 4 atom stereocenters. The van der Waals surface area contributed by atoms with Crippen LogP contribution in [0.1, 0.15) is 45.4 Å². The monoisotopic (exact) mass is 167 g/mol. The Morgan fingerprint density at radius 3 is 2.75 bits per heavy atom. The van der Waals surface area contributed by atoms with Crippen LogP contribution in [0.4, 0.5) is 0 Å². The Balaban J connectivity index is 2.11. The van der Waals surface area contributed by atoms with Gasteiger partial charge in [0.15, 0.2) is 0 Å². The first-order valence-corrected chi connectivity index (χ1v) is 5.51. The zero-order valence-corrected chi connectivity index (χ0v) is 8.13. The van der Waals surface area contributed by atoms with E-state index in [0.717, 1.165) is 17.8 Å². The highest BCUT2D eigenvalue weighted by molar-refractivity contribution is 4.85. The molecule has 4 unspecified atom stereocenters. The van der Waals surface area contributed by atoms with Crippen LogP contribution in [0.15, 0.2) is 0 Å². The van der Waals surface area contributed by atoms with Crippen LogP contribution in [-0.4, -0.2) is 6.04 Å². The summed E-state index contributed by atoms with van der Waals surface area (Å²) in [5.74, 6) is 2.86. The van der Waals surface area contributed by atoms with Crippen molar-refractivity contribution in [3.05, 3.63) is 0 Å². The summed E-state index contributed by atoms with van der Waals surface area (Å²) in [6, 6.07) is 0.519. The molecule has 2 fully saturated rings. The van der Waals surface area contributed by atoms with E-state index in [2.05, 4.69) is 6.92 Å². The summed E-state index contributed by atoms with van der Waals surface area (Å²) in [5.41, 5.74) is 6.09. The third kappa shape index (κ3) is 1.66. The van der Waals surface area contributed by atoms with Crippen molar-refractivity contribution < 1.29 is 0 Å². The molecular weight excluding hydrogens is 146 g/mol. The fourth-order valence-corrected chi connectivity index (χ4v) is 3.27. The van der Waals surface area contributed by atoms with Crippen LogP contribution in [-0.2, 0) is 0 Å². The van der Waals surface area contributed by atoms with Gasteiger partial charge in [-0.2, -0.15) is 0 Å². The van der Waals surface area contributed by atoms with Crippen LogP contribution >= 0.6 is 0 Å². The molecule has 2 bridgehead atoms. The van der Waals surface area contributed by atoms with Crippen molar-refractivity contribution in [3.63, 3.8) is 0 Å². The van der Waals surface area contributed by atoms with Gasteiger partial charge in [-0.05, 0) is 37.0 Å². The second kappa shape index (κ2) is 3.37. The molecule has 0 saturated heterocycles. The molecule has 2 saturated carbocycles. The number of hydrogen-bond donors (Lipinski definition) is 1. The van der Waals surface area contributed by atoms with Gasteiger partial charge < -0.3 is 5.73 Å². The normalized spacial score (nSPS) is 48.5. The molecule has 1 nitrogen and oxygen atoms in total. The van der Waals surface area contributed by atoms with E-state index in [0.29, 0.717) is 6.04 Å². The van der Waals surface area contributed by atoms with Crippen molar-refractivity contribution in [3.8, 4) is 0 Å². The molecule has 0 aromatic heterocycles. The largest absolute Gasteiger partial charge is 0.328 e. The first-order chi connectivity index (χ1) is 5.75. The highest BCUT2D eigenvalue weighted by Gasteiger charge is 2.31. The summed E-state index contributed by atoms with van der Waals surface area (Å²) >= 11 is 0. The summed E-state index contributed by atoms with van der Waals surface area (Å²) in [7, 11) is 0. The van der Waals surface area contributed by atoms with Crippen molar-refractivity contribution in [2.24, 2.45) is 23.5 Å². The molecule has 2 rings (SSSR count). The second-order valence-electron chi connectivity index (χ2n) is 5.00. The van der Waals surface area contributed by atoms with Gasteiger partial charge in [-0.3, -0.25) is 0 Å². The molecule has 0 heterocycles. The highest BCUT2D eigenvalue weighted by atomic mass is 14.6. The van der Waals surface area contributed by atoms with Crippen LogP contribution in [0.25, 0.3) is 0 Å². The smallest absolute Gasteiger partial charge is 0.00442 e. The Labute approximate surface area is 75.7 Å². The van der Waals surface area contributed by atoms with Crippen molar-refractivity contribution in [2.75, 3.05) is 0 Å². The van der Waals surface area contributed by atoms with Crippen molar-refractivity contribution in [1.29, 1.82) is 0 Å². The van der Waals surface area contributed by atoms with E-state index in [9.17, 15) is 0 Å². The fraction of sp³-hybridized carbons (Fsp3) is 1.00. The quantitative estimate of drug-likeness (QED) is 0.589. The van der Waals surface area contributed by atoms with E-state index >= 15 is 0 Å². The lowest BCUT2D eigenvalue weighted by molar-refractivity contribution is 0.316. The first kappa shape index (κ1) is 8.55. The summed E-state index contributed by atoms with van der Waals surface area (Å²) in [6.45, 7) is 2.43. The predicted octanol–water partition coefficient (Wildman–Crippen LogP) is 2.55. The molecule has 0 spiro atoms. The summed E-state index contributed by atoms with van der Waals surface area (Å²) in [5, 5.41) is 0. The number of hydrogen-bond acceptors (Lipinski definition) is 1. The zero-order valence-electron chi connectivity index (χ0n) is 8.13. The fourth-order valence-electron chi connectivity index (χ4n) is 3.27. The van der Waals surface area contributed by atoms with Gasteiger partial charge in [0.1, 0.15) is 0 Å². The maximum atomic E-state index is 6.09. The van der Waals surface area contributed by atoms with Gasteiger partial charge in [0.2, 0.25) is 0 Å². The standard InChI is InChI=1S/C11H21N/c1-8-5-9-3-2-4-10(8)7-11(12)6-9/h8-11H,2-7,12H2,1H3. The summed E-state index contributed by atoms with van der Waals surface area (Å²) in [4.78, 5) is 0. The Morgan fingerprint density at radius 2 is 1.92 bits per heavy atom. The number of nitrogens with two attached hydrogens (primary N) is 1. The van der Waals surface area contributed by atoms with Gasteiger partial charge >= 0.3 is 0 Å². The molecule has 0 aromatic rings. The minimum atomic E-state index is 0.519. The maximum absolute atomic E-state index is 6.09. The molecule has 70 valence electrons. The Hall–Kier alpha value is -0.0400. The third-order valence-electron chi connectivity index (χ3n) is 3.94. The molecule has 2 N–H and O–H groups in total. The van der Waals surface area contributed by atoms with Gasteiger partial charge in [-0.1, -0.05) is 26.2 Å². The van der Waals surface area contributed by atoms with Crippen molar-refractivity contribution >= 4 is 0 Å². The summed E-state index contributed by atoms with van der Waals surface area (Å²) in [6.07, 6.45) is 8.43. The molecule has 1 heteroatoms. The van der Waals surface area contributed by atoms with E-state index in [1.807, 2.05) is 0 Å².